The third kappa shape index (κ3) is 4.03. The summed E-state index contributed by atoms with van der Waals surface area (Å²) in [7, 11) is 4.61. The fraction of sp³-hybridized carbons (Fsp3) is 0.500. The standard InChI is InChI=1S/C20H27N5O5/c1-6-7-8-9-30-19(26)16-12(2)21-20-22-23-24-25(20)17(16)13-10-14(27-3)18(29-5)15(11-13)28-4/h10-11,17H,6-9H2,1-5H3,(H,21,22,24). The predicted octanol–water partition coefficient (Wildman–Crippen LogP) is 2.72. The molecule has 2 aromatic rings. The molecule has 1 aromatic heterocycles. The average Bonchev–Trinajstić information content (AvgIpc) is 3.22. The molecule has 162 valence electrons. The number of carbonyl (C=O) groups excluding carboxylic acids is 1. The van der Waals surface area contributed by atoms with Crippen LogP contribution in [0.3, 0.4) is 0 Å². The first-order valence-electron chi connectivity index (χ1n) is 9.78. The highest BCUT2D eigenvalue weighted by molar-refractivity contribution is 5.92. The molecule has 0 amide bonds. The summed E-state index contributed by atoms with van der Waals surface area (Å²) in [6.45, 7) is 4.25. The van der Waals surface area contributed by atoms with E-state index < -0.39 is 12.0 Å². The van der Waals surface area contributed by atoms with E-state index in [2.05, 4.69) is 27.8 Å². The van der Waals surface area contributed by atoms with Crippen LogP contribution in [-0.2, 0) is 9.53 Å². The number of aromatic nitrogens is 4. The number of anilines is 1. The van der Waals surface area contributed by atoms with Crippen LogP contribution in [0.5, 0.6) is 17.2 Å². The fourth-order valence-corrected chi connectivity index (χ4v) is 3.44. The maximum atomic E-state index is 13.0. The third-order valence-electron chi connectivity index (χ3n) is 4.92. The molecule has 10 heteroatoms. The largest absolute Gasteiger partial charge is 0.493 e. The Morgan fingerprint density at radius 3 is 2.43 bits per heavy atom. The monoisotopic (exact) mass is 417 g/mol. The number of hydrogen-bond donors (Lipinski definition) is 1. The number of hydrogen-bond acceptors (Lipinski definition) is 9. The Balaban J connectivity index is 2.06. The zero-order valence-electron chi connectivity index (χ0n) is 17.9. The second-order valence-electron chi connectivity index (χ2n) is 6.81. The van der Waals surface area contributed by atoms with Crippen LogP contribution < -0.4 is 19.5 Å². The summed E-state index contributed by atoms with van der Waals surface area (Å²) >= 11 is 0. The topological polar surface area (TPSA) is 110 Å². The second-order valence-corrected chi connectivity index (χ2v) is 6.81. The molecule has 2 heterocycles. The number of esters is 1. The van der Waals surface area contributed by atoms with Crippen molar-refractivity contribution >= 4 is 11.9 Å². The fourth-order valence-electron chi connectivity index (χ4n) is 3.44. The number of rotatable bonds is 9. The Bertz CT molecular complexity index is 914. The van der Waals surface area contributed by atoms with Crippen LogP contribution in [0.4, 0.5) is 5.95 Å². The van der Waals surface area contributed by atoms with E-state index in [1.165, 1.54) is 26.0 Å². The lowest BCUT2D eigenvalue weighted by atomic mass is 9.95. The Hall–Kier alpha value is -3.30. The van der Waals surface area contributed by atoms with Gasteiger partial charge in [0.05, 0.1) is 33.5 Å². The van der Waals surface area contributed by atoms with E-state index in [0.29, 0.717) is 46.6 Å². The summed E-state index contributed by atoms with van der Waals surface area (Å²) in [4.78, 5) is 13.0. The first-order valence-corrected chi connectivity index (χ1v) is 9.78. The van der Waals surface area contributed by atoms with Gasteiger partial charge in [0.1, 0.15) is 6.04 Å². The van der Waals surface area contributed by atoms with Crippen molar-refractivity contribution in [2.45, 2.75) is 39.2 Å². The molecular formula is C20H27N5O5. The van der Waals surface area contributed by atoms with Gasteiger partial charge in [0, 0.05) is 5.70 Å². The molecule has 1 aliphatic heterocycles. The lowest BCUT2D eigenvalue weighted by molar-refractivity contribution is -0.139. The molecule has 1 atom stereocenters. The van der Waals surface area contributed by atoms with Crippen LogP contribution in [0.25, 0.3) is 0 Å². The maximum Gasteiger partial charge on any atom is 0.338 e. The molecule has 0 spiro atoms. The number of nitrogens with one attached hydrogen (secondary N) is 1. The number of unbranched alkanes of at least 4 members (excludes halogenated alkanes) is 2. The van der Waals surface area contributed by atoms with Crippen LogP contribution in [0, 0.1) is 0 Å². The summed E-state index contributed by atoms with van der Waals surface area (Å²) in [5.41, 5.74) is 1.73. The van der Waals surface area contributed by atoms with E-state index in [4.69, 9.17) is 18.9 Å². The van der Waals surface area contributed by atoms with Gasteiger partial charge in [-0.05, 0) is 41.5 Å². The average molecular weight is 417 g/mol. The van der Waals surface area contributed by atoms with E-state index in [-0.39, 0.29) is 0 Å². The van der Waals surface area contributed by atoms with E-state index in [0.717, 1.165) is 19.3 Å². The SMILES string of the molecule is CCCCCOC(=O)C1=C(C)Nc2nnnn2C1c1cc(OC)c(OC)c(OC)c1. The number of fused-ring (bicyclic) bond motifs is 1. The summed E-state index contributed by atoms with van der Waals surface area (Å²) < 4.78 is 23.5. The van der Waals surface area contributed by atoms with Crippen LogP contribution in [0.15, 0.2) is 23.4 Å². The highest BCUT2D eigenvalue weighted by Crippen LogP contribution is 2.43. The lowest BCUT2D eigenvalue weighted by Gasteiger charge is -2.28. The van der Waals surface area contributed by atoms with Crippen molar-refractivity contribution in [3.8, 4) is 17.2 Å². The number of benzene rings is 1. The molecule has 1 aromatic carbocycles. The molecule has 0 radical (unpaired) electrons. The van der Waals surface area contributed by atoms with E-state index >= 15 is 0 Å². The van der Waals surface area contributed by atoms with E-state index in [1.54, 1.807) is 19.1 Å². The molecule has 1 N–H and O–H groups in total. The molecule has 1 unspecified atom stereocenters. The summed E-state index contributed by atoms with van der Waals surface area (Å²) in [6, 6.07) is 2.93. The van der Waals surface area contributed by atoms with Crippen molar-refractivity contribution in [1.82, 2.24) is 20.2 Å². The van der Waals surface area contributed by atoms with Crippen LogP contribution in [0.1, 0.15) is 44.7 Å². The normalized spacial score (nSPS) is 15.3. The highest BCUT2D eigenvalue weighted by Gasteiger charge is 2.36. The van der Waals surface area contributed by atoms with Gasteiger partial charge in [-0.2, -0.15) is 4.68 Å². The first kappa shape index (κ1) is 21.4. The number of carbonyl (C=O) groups is 1. The zero-order valence-corrected chi connectivity index (χ0v) is 17.9. The van der Waals surface area contributed by atoms with Gasteiger partial charge in [-0.15, -0.1) is 0 Å². The van der Waals surface area contributed by atoms with Crippen molar-refractivity contribution in [1.29, 1.82) is 0 Å². The molecule has 30 heavy (non-hydrogen) atoms. The number of nitrogens with zero attached hydrogens (tertiary/aromatic N) is 4. The smallest absolute Gasteiger partial charge is 0.338 e. The van der Waals surface area contributed by atoms with Crippen molar-refractivity contribution in [2.75, 3.05) is 33.3 Å². The second kappa shape index (κ2) is 9.47. The van der Waals surface area contributed by atoms with Crippen molar-refractivity contribution < 1.29 is 23.7 Å². The predicted molar refractivity (Wildman–Crippen MR) is 109 cm³/mol. The van der Waals surface area contributed by atoms with Crippen LogP contribution in [-0.4, -0.2) is 54.1 Å². The molecule has 0 saturated carbocycles. The molecule has 1 aliphatic rings. The zero-order chi connectivity index (χ0) is 21.7. The molecule has 10 nitrogen and oxygen atoms in total. The highest BCUT2D eigenvalue weighted by atomic mass is 16.5. The molecule has 0 fully saturated rings. The van der Waals surface area contributed by atoms with E-state index in [9.17, 15) is 4.79 Å². The molecule has 0 bridgehead atoms. The third-order valence-corrected chi connectivity index (χ3v) is 4.92. The van der Waals surface area contributed by atoms with Gasteiger partial charge in [-0.3, -0.25) is 0 Å². The first-order chi connectivity index (χ1) is 14.5. The van der Waals surface area contributed by atoms with Gasteiger partial charge < -0.3 is 24.3 Å². The Morgan fingerprint density at radius 2 is 1.83 bits per heavy atom. The molecule has 0 saturated heterocycles. The molecular weight excluding hydrogens is 390 g/mol. The van der Waals surface area contributed by atoms with Crippen LogP contribution in [0.2, 0.25) is 0 Å². The Labute approximate surface area is 175 Å². The Kier molecular flexibility index (Phi) is 6.76. The Morgan fingerprint density at radius 1 is 1.13 bits per heavy atom. The summed E-state index contributed by atoms with van der Waals surface area (Å²) in [6.07, 6.45) is 2.85. The number of ether oxygens (including phenoxy) is 4. The van der Waals surface area contributed by atoms with Gasteiger partial charge >= 0.3 is 5.97 Å². The van der Waals surface area contributed by atoms with Crippen molar-refractivity contribution in [2.24, 2.45) is 0 Å². The number of allylic oxidation sites excluding steroid dienone is 1. The van der Waals surface area contributed by atoms with Crippen molar-refractivity contribution in [3.05, 3.63) is 29.0 Å². The minimum absolute atomic E-state index is 0.355. The van der Waals surface area contributed by atoms with Gasteiger partial charge in [-0.25, -0.2) is 4.79 Å². The van der Waals surface area contributed by atoms with Gasteiger partial charge in [0.15, 0.2) is 11.5 Å². The van der Waals surface area contributed by atoms with Gasteiger partial charge in [0.2, 0.25) is 11.7 Å². The summed E-state index contributed by atoms with van der Waals surface area (Å²) in [5, 5.41) is 14.9. The number of tetrazole rings is 1. The molecule has 3 rings (SSSR count). The lowest BCUT2D eigenvalue weighted by Crippen LogP contribution is -2.30. The minimum Gasteiger partial charge on any atom is -0.493 e. The van der Waals surface area contributed by atoms with Crippen molar-refractivity contribution in [3.63, 3.8) is 0 Å². The van der Waals surface area contributed by atoms with Gasteiger partial charge in [-0.1, -0.05) is 24.9 Å². The van der Waals surface area contributed by atoms with E-state index in [1.807, 2.05) is 0 Å². The summed E-state index contributed by atoms with van der Waals surface area (Å²) in [5.74, 6) is 1.39. The molecule has 0 aliphatic carbocycles. The number of methoxy groups -OCH3 is 3. The minimum atomic E-state index is -0.622. The maximum absolute atomic E-state index is 13.0. The van der Waals surface area contributed by atoms with Crippen LogP contribution >= 0.6 is 0 Å². The van der Waals surface area contributed by atoms with Gasteiger partial charge in [0.25, 0.3) is 0 Å². The quantitative estimate of drug-likeness (QED) is 0.486.